The molecule has 1 aromatic rings. The Balaban J connectivity index is 1.82. The van der Waals surface area contributed by atoms with Crippen LogP contribution in [-0.2, 0) is 0 Å². The molecule has 0 aliphatic heterocycles. The number of aromatic nitrogens is 1. The van der Waals surface area contributed by atoms with Gasteiger partial charge in [-0.15, -0.1) is 11.6 Å². The topological polar surface area (TPSA) is 24.9 Å². The quantitative estimate of drug-likeness (QED) is 0.777. The maximum Gasteiger partial charge on any atom is 0.125 e. The average Bonchev–Trinajstić information content (AvgIpc) is 2.63. The second-order valence-electron chi connectivity index (χ2n) is 3.80. The lowest BCUT2D eigenvalue weighted by molar-refractivity contribution is 0.585. The lowest BCUT2D eigenvalue weighted by Gasteiger charge is -2.14. The average molecular weight is 211 g/mol. The van der Waals surface area contributed by atoms with Gasteiger partial charge in [0.05, 0.1) is 0 Å². The van der Waals surface area contributed by atoms with Crippen molar-refractivity contribution in [2.75, 3.05) is 11.9 Å². The van der Waals surface area contributed by atoms with Crippen LogP contribution < -0.4 is 5.32 Å². The predicted molar refractivity (Wildman–Crippen MR) is 59.7 cm³/mol. The molecule has 2 unspecified atom stereocenters. The number of nitrogens with one attached hydrogen (secondary N) is 1. The van der Waals surface area contributed by atoms with Gasteiger partial charge < -0.3 is 5.32 Å². The summed E-state index contributed by atoms with van der Waals surface area (Å²) in [5.41, 5.74) is 0. The second kappa shape index (κ2) is 4.65. The van der Waals surface area contributed by atoms with Crippen molar-refractivity contribution >= 4 is 17.4 Å². The molecule has 76 valence electrons. The van der Waals surface area contributed by atoms with E-state index in [4.69, 9.17) is 11.6 Å². The maximum absolute atomic E-state index is 6.18. The van der Waals surface area contributed by atoms with Crippen LogP contribution in [0.1, 0.15) is 19.3 Å². The molecule has 1 aliphatic carbocycles. The number of alkyl halides is 1. The van der Waals surface area contributed by atoms with Crippen molar-refractivity contribution in [3.63, 3.8) is 0 Å². The van der Waals surface area contributed by atoms with Crippen molar-refractivity contribution in [2.24, 2.45) is 5.92 Å². The minimum atomic E-state index is 0.353. The summed E-state index contributed by atoms with van der Waals surface area (Å²) in [6, 6.07) is 5.89. The van der Waals surface area contributed by atoms with Crippen LogP contribution in [0.5, 0.6) is 0 Å². The van der Waals surface area contributed by atoms with Crippen molar-refractivity contribution in [1.82, 2.24) is 4.98 Å². The molecule has 0 saturated heterocycles. The van der Waals surface area contributed by atoms with Crippen LogP contribution in [-0.4, -0.2) is 16.9 Å². The summed E-state index contributed by atoms with van der Waals surface area (Å²) < 4.78 is 0. The van der Waals surface area contributed by atoms with Crippen LogP contribution in [0.15, 0.2) is 24.4 Å². The minimum Gasteiger partial charge on any atom is -0.370 e. The van der Waals surface area contributed by atoms with E-state index in [0.717, 1.165) is 18.8 Å². The number of pyridine rings is 1. The summed E-state index contributed by atoms with van der Waals surface area (Å²) in [5.74, 6) is 1.56. The molecule has 2 atom stereocenters. The van der Waals surface area contributed by atoms with Crippen molar-refractivity contribution < 1.29 is 0 Å². The lowest BCUT2D eigenvalue weighted by Crippen LogP contribution is -2.18. The highest BCUT2D eigenvalue weighted by molar-refractivity contribution is 6.20. The molecule has 0 spiro atoms. The summed E-state index contributed by atoms with van der Waals surface area (Å²) in [5, 5.41) is 3.67. The molecule has 1 heterocycles. The Morgan fingerprint density at radius 1 is 1.43 bits per heavy atom. The number of hydrogen-bond donors (Lipinski definition) is 1. The molecule has 1 saturated carbocycles. The Hall–Kier alpha value is -0.760. The summed E-state index contributed by atoms with van der Waals surface area (Å²) in [6.07, 6.45) is 5.47. The normalized spacial score (nSPS) is 26.4. The molecular weight excluding hydrogens is 196 g/mol. The Morgan fingerprint density at radius 3 is 3.00 bits per heavy atom. The predicted octanol–water partition coefficient (Wildman–Crippen LogP) is 2.90. The Kier molecular flexibility index (Phi) is 3.25. The molecule has 0 aromatic carbocycles. The van der Waals surface area contributed by atoms with Gasteiger partial charge >= 0.3 is 0 Å². The van der Waals surface area contributed by atoms with Crippen molar-refractivity contribution in [3.05, 3.63) is 24.4 Å². The van der Waals surface area contributed by atoms with E-state index < -0.39 is 0 Å². The Bertz CT molecular complexity index is 276. The first-order valence-corrected chi connectivity index (χ1v) is 5.59. The summed E-state index contributed by atoms with van der Waals surface area (Å²) in [7, 11) is 0. The molecule has 0 bridgehead atoms. The Labute approximate surface area is 89.7 Å². The highest BCUT2D eigenvalue weighted by atomic mass is 35.5. The molecule has 1 fully saturated rings. The van der Waals surface area contributed by atoms with Gasteiger partial charge in [-0.2, -0.15) is 0 Å². The van der Waals surface area contributed by atoms with Crippen molar-refractivity contribution in [2.45, 2.75) is 24.6 Å². The first-order chi connectivity index (χ1) is 6.86. The van der Waals surface area contributed by atoms with Gasteiger partial charge in [-0.3, -0.25) is 0 Å². The molecule has 3 heteroatoms. The molecule has 1 N–H and O–H groups in total. The largest absolute Gasteiger partial charge is 0.370 e. The molecule has 0 amide bonds. The number of nitrogens with zero attached hydrogens (tertiary/aromatic N) is 1. The third-order valence-corrected chi connectivity index (χ3v) is 3.35. The summed E-state index contributed by atoms with van der Waals surface area (Å²) in [4.78, 5) is 4.21. The van der Waals surface area contributed by atoms with Gasteiger partial charge in [-0.25, -0.2) is 4.98 Å². The standard InChI is InChI=1S/C11H15ClN2/c12-10-5-3-4-9(10)8-14-11-6-1-2-7-13-11/h1-2,6-7,9-10H,3-5,8H2,(H,13,14). The zero-order chi connectivity index (χ0) is 9.80. The number of rotatable bonds is 3. The van der Waals surface area contributed by atoms with E-state index in [1.54, 1.807) is 6.20 Å². The fraction of sp³-hybridized carbons (Fsp3) is 0.545. The molecule has 2 rings (SSSR count). The van der Waals surface area contributed by atoms with Crippen LogP contribution in [0.4, 0.5) is 5.82 Å². The summed E-state index contributed by atoms with van der Waals surface area (Å²) >= 11 is 6.18. The van der Waals surface area contributed by atoms with Gasteiger partial charge in [0.2, 0.25) is 0 Å². The molecule has 1 aromatic heterocycles. The number of halogens is 1. The lowest BCUT2D eigenvalue weighted by atomic mass is 10.1. The zero-order valence-corrected chi connectivity index (χ0v) is 8.87. The van der Waals surface area contributed by atoms with Crippen LogP contribution >= 0.6 is 11.6 Å². The third-order valence-electron chi connectivity index (χ3n) is 2.78. The first kappa shape index (κ1) is 9.78. The Morgan fingerprint density at radius 2 is 2.36 bits per heavy atom. The highest BCUT2D eigenvalue weighted by Gasteiger charge is 2.24. The minimum absolute atomic E-state index is 0.353. The van der Waals surface area contributed by atoms with E-state index in [2.05, 4.69) is 10.3 Å². The van der Waals surface area contributed by atoms with Gasteiger partial charge in [0.25, 0.3) is 0 Å². The molecule has 14 heavy (non-hydrogen) atoms. The van der Waals surface area contributed by atoms with E-state index in [1.807, 2.05) is 18.2 Å². The van der Waals surface area contributed by atoms with Gasteiger partial charge in [0, 0.05) is 18.1 Å². The van der Waals surface area contributed by atoms with Gasteiger partial charge in [-0.05, 0) is 30.9 Å². The van der Waals surface area contributed by atoms with E-state index in [1.165, 1.54) is 12.8 Å². The second-order valence-corrected chi connectivity index (χ2v) is 4.36. The van der Waals surface area contributed by atoms with Crippen LogP contribution in [0, 0.1) is 5.92 Å². The molecule has 2 nitrogen and oxygen atoms in total. The van der Waals surface area contributed by atoms with Gasteiger partial charge in [0.1, 0.15) is 5.82 Å². The van der Waals surface area contributed by atoms with Crippen LogP contribution in [0.2, 0.25) is 0 Å². The number of anilines is 1. The van der Waals surface area contributed by atoms with Gasteiger partial charge in [0.15, 0.2) is 0 Å². The van der Waals surface area contributed by atoms with E-state index >= 15 is 0 Å². The van der Waals surface area contributed by atoms with Crippen LogP contribution in [0.25, 0.3) is 0 Å². The maximum atomic E-state index is 6.18. The highest BCUT2D eigenvalue weighted by Crippen LogP contribution is 2.29. The van der Waals surface area contributed by atoms with Crippen molar-refractivity contribution in [1.29, 1.82) is 0 Å². The van der Waals surface area contributed by atoms with E-state index in [0.29, 0.717) is 11.3 Å². The molecule has 1 aliphatic rings. The smallest absolute Gasteiger partial charge is 0.125 e. The molecule has 0 radical (unpaired) electrons. The summed E-state index contributed by atoms with van der Waals surface area (Å²) in [6.45, 7) is 0.950. The van der Waals surface area contributed by atoms with E-state index in [9.17, 15) is 0 Å². The monoisotopic (exact) mass is 210 g/mol. The zero-order valence-electron chi connectivity index (χ0n) is 8.12. The van der Waals surface area contributed by atoms with Crippen LogP contribution in [0.3, 0.4) is 0 Å². The molecular formula is C11H15ClN2. The van der Waals surface area contributed by atoms with E-state index in [-0.39, 0.29) is 0 Å². The third kappa shape index (κ3) is 2.38. The van der Waals surface area contributed by atoms with Crippen molar-refractivity contribution in [3.8, 4) is 0 Å². The number of hydrogen-bond acceptors (Lipinski definition) is 2. The van der Waals surface area contributed by atoms with Gasteiger partial charge in [-0.1, -0.05) is 12.5 Å². The fourth-order valence-electron chi connectivity index (χ4n) is 1.92. The fourth-order valence-corrected chi connectivity index (χ4v) is 2.29. The SMILES string of the molecule is ClC1CCCC1CNc1ccccn1. The first-order valence-electron chi connectivity index (χ1n) is 5.15.